The van der Waals surface area contributed by atoms with E-state index in [0.717, 1.165) is 27.7 Å². The van der Waals surface area contributed by atoms with Gasteiger partial charge in [0.05, 0.1) is 0 Å². The fourth-order valence-electron chi connectivity index (χ4n) is 3.21. The molecule has 0 saturated carbocycles. The van der Waals surface area contributed by atoms with Gasteiger partial charge in [0.25, 0.3) is 5.91 Å². The van der Waals surface area contributed by atoms with Gasteiger partial charge < -0.3 is 15.6 Å². The van der Waals surface area contributed by atoms with E-state index in [1.165, 1.54) is 12.1 Å². The molecule has 2 aromatic carbocycles. The van der Waals surface area contributed by atoms with Crippen molar-refractivity contribution in [2.75, 3.05) is 18.0 Å². The number of rotatable bonds is 5. The predicted octanol–water partition coefficient (Wildman–Crippen LogP) is 3.97. The van der Waals surface area contributed by atoms with Crippen molar-refractivity contribution in [2.24, 2.45) is 5.73 Å². The minimum Gasteiger partial charge on any atom is -0.350 e. The molecule has 6 heteroatoms. The van der Waals surface area contributed by atoms with Crippen molar-refractivity contribution in [2.45, 2.75) is 0 Å². The summed E-state index contributed by atoms with van der Waals surface area (Å²) in [7, 11) is 0. The minimum absolute atomic E-state index is 0.156. The Bertz CT molecular complexity index is 1110. The summed E-state index contributed by atoms with van der Waals surface area (Å²) in [5, 5.41) is 0.927. The van der Waals surface area contributed by atoms with Crippen LogP contribution in [0.2, 0.25) is 0 Å². The van der Waals surface area contributed by atoms with Gasteiger partial charge in [0.15, 0.2) is 0 Å². The molecule has 0 unspecified atom stereocenters. The molecule has 2 aromatic heterocycles. The summed E-state index contributed by atoms with van der Waals surface area (Å²) in [5.74, 6) is -0.426. The number of H-pyrrole nitrogens is 1. The van der Waals surface area contributed by atoms with Crippen LogP contribution in [0.3, 0.4) is 0 Å². The molecule has 4 rings (SSSR count). The fourth-order valence-corrected chi connectivity index (χ4v) is 3.21. The van der Waals surface area contributed by atoms with Crippen molar-refractivity contribution < 1.29 is 9.18 Å². The van der Waals surface area contributed by atoms with Crippen LogP contribution in [0.15, 0.2) is 73.1 Å². The summed E-state index contributed by atoms with van der Waals surface area (Å²) < 4.78 is 13.2. The number of benzene rings is 2. The molecule has 0 bridgehead atoms. The Kier molecular flexibility index (Phi) is 4.87. The number of hydrogen-bond donors (Lipinski definition) is 2. The van der Waals surface area contributed by atoms with Gasteiger partial charge >= 0.3 is 0 Å². The lowest BCUT2D eigenvalue weighted by Gasteiger charge is -2.21. The van der Waals surface area contributed by atoms with E-state index in [1.807, 2.05) is 24.3 Å². The number of halogens is 1. The maximum atomic E-state index is 13.2. The van der Waals surface area contributed by atoms with Crippen molar-refractivity contribution in [1.29, 1.82) is 0 Å². The number of hydrogen-bond acceptors (Lipinski definition) is 3. The zero-order valence-corrected chi connectivity index (χ0v) is 15.1. The van der Waals surface area contributed by atoms with Gasteiger partial charge in [0.2, 0.25) is 0 Å². The van der Waals surface area contributed by atoms with Crippen LogP contribution >= 0.6 is 0 Å². The van der Waals surface area contributed by atoms with Gasteiger partial charge in [-0.3, -0.25) is 9.78 Å². The first kappa shape index (κ1) is 17.9. The number of aromatic amines is 1. The number of pyridine rings is 1. The van der Waals surface area contributed by atoms with Crippen molar-refractivity contribution in [3.05, 3.63) is 84.6 Å². The topological polar surface area (TPSA) is 75.0 Å². The maximum absolute atomic E-state index is 13.2. The van der Waals surface area contributed by atoms with Gasteiger partial charge in [-0.25, -0.2) is 4.39 Å². The lowest BCUT2D eigenvalue weighted by atomic mass is 10.0. The van der Waals surface area contributed by atoms with Crippen molar-refractivity contribution >= 4 is 22.5 Å². The highest BCUT2D eigenvalue weighted by molar-refractivity contribution is 6.07. The molecule has 0 aliphatic heterocycles. The molecule has 0 fully saturated rings. The number of nitrogens with two attached hydrogens (primary N) is 1. The van der Waals surface area contributed by atoms with Crippen molar-refractivity contribution in [3.63, 3.8) is 0 Å². The average Bonchev–Trinajstić information content (AvgIpc) is 3.16. The van der Waals surface area contributed by atoms with Gasteiger partial charge in [-0.1, -0.05) is 24.3 Å². The Morgan fingerprint density at radius 2 is 1.71 bits per heavy atom. The highest BCUT2D eigenvalue weighted by atomic mass is 19.1. The third kappa shape index (κ3) is 3.50. The second-order valence-corrected chi connectivity index (χ2v) is 6.44. The van der Waals surface area contributed by atoms with E-state index in [0.29, 0.717) is 18.8 Å². The standard InChI is InChI=1S/C22H19FN4O/c23-18-5-3-15(4-6-18)16-1-2-17-14-21(26-20(17)13-16)22(28)27(12-9-24)19-7-10-25-11-8-19/h1-8,10-11,13-14,26H,9,12,24H2. The molecule has 0 aliphatic rings. The zero-order chi connectivity index (χ0) is 19.5. The molecule has 1 amide bonds. The normalized spacial score (nSPS) is 10.9. The summed E-state index contributed by atoms with van der Waals surface area (Å²) >= 11 is 0. The molecule has 0 radical (unpaired) electrons. The molecule has 140 valence electrons. The zero-order valence-electron chi connectivity index (χ0n) is 15.1. The SMILES string of the molecule is NCCN(C(=O)c1cc2ccc(-c3ccc(F)cc3)cc2[nH]1)c1ccncc1. The average molecular weight is 374 g/mol. The molecule has 4 aromatic rings. The van der Waals surface area contributed by atoms with E-state index in [-0.39, 0.29) is 11.7 Å². The predicted molar refractivity (Wildman–Crippen MR) is 109 cm³/mol. The van der Waals surface area contributed by atoms with Crippen molar-refractivity contribution in [3.8, 4) is 11.1 Å². The lowest BCUT2D eigenvalue weighted by Crippen LogP contribution is -2.35. The Labute approximate surface area is 161 Å². The molecule has 2 heterocycles. The number of carbonyl (C=O) groups excluding carboxylic acids is 1. The van der Waals surface area contributed by atoms with Gasteiger partial charge in [-0.05, 0) is 47.5 Å². The van der Waals surface area contributed by atoms with Crippen LogP contribution in [0.5, 0.6) is 0 Å². The molecule has 0 aliphatic carbocycles. The van der Waals surface area contributed by atoms with Gasteiger partial charge in [0, 0.05) is 42.1 Å². The van der Waals surface area contributed by atoms with E-state index in [1.54, 1.807) is 41.6 Å². The highest BCUT2D eigenvalue weighted by Gasteiger charge is 2.19. The van der Waals surface area contributed by atoms with Gasteiger partial charge in [-0.2, -0.15) is 0 Å². The highest BCUT2D eigenvalue weighted by Crippen LogP contribution is 2.26. The summed E-state index contributed by atoms with van der Waals surface area (Å²) in [6, 6.07) is 17.6. The maximum Gasteiger partial charge on any atom is 0.274 e. The molecule has 28 heavy (non-hydrogen) atoms. The van der Waals surface area contributed by atoms with Crippen molar-refractivity contribution in [1.82, 2.24) is 9.97 Å². The molecule has 5 nitrogen and oxygen atoms in total. The Hall–Kier alpha value is -3.51. The Morgan fingerprint density at radius 1 is 1.00 bits per heavy atom. The van der Waals surface area contributed by atoms with Crippen LogP contribution in [0.25, 0.3) is 22.0 Å². The Morgan fingerprint density at radius 3 is 2.43 bits per heavy atom. The fraction of sp³-hybridized carbons (Fsp3) is 0.0909. The molecular formula is C22H19FN4O. The van der Waals surface area contributed by atoms with Gasteiger partial charge in [-0.15, -0.1) is 0 Å². The van der Waals surface area contributed by atoms with E-state index in [2.05, 4.69) is 9.97 Å². The number of nitrogens with zero attached hydrogens (tertiary/aromatic N) is 2. The first-order chi connectivity index (χ1) is 13.7. The molecule has 3 N–H and O–H groups in total. The number of carbonyl (C=O) groups is 1. The number of aromatic nitrogens is 2. The third-order valence-corrected chi connectivity index (χ3v) is 4.60. The quantitative estimate of drug-likeness (QED) is 0.555. The van der Waals surface area contributed by atoms with Crippen LogP contribution in [0.1, 0.15) is 10.5 Å². The largest absolute Gasteiger partial charge is 0.350 e. The van der Waals surface area contributed by atoms with E-state index >= 15 is 0 Å². The molecule has 0 spiro atoms. The van der Waals surface area contributed by atoms with Crippen LogP contribution in [0, 0.1) is 5.82 Å². The first-order valence-corrected chi connectivity index (χ1v) is 8.96. The third-order valence-electron chi connectivity index (χ3n) is 4.60. The van der Waals surface area contributed by atoms with Gasteiger partial charge in [0.1, 0.15) is 11.5 Å². The minimum atomic E-state index is -0.270. The second-order valence-electron chi connectivity index (χ2n) is 6.44. The smallest absolute Gasteiger partial charge is 0.274 e. The van der Waals surface area contributed by atoms with Crippen LogP contribution < -0.4 is 10.6 Å². The van der Waals surface area contributed by atoms with Crippen LogP contribution in [-0.4, -0.2) is 29.0 Å². The molecular weight excluding hydrogens is 355 g/mol. The van der Waals surface area contributed by atoms with E-state index < -0.39 is 0 Å². The lowest BCUT2D eigenvalue weighted by molar-refractivity contribution is 0.0983. The first-order valence-electron chi connectivity index (χ1n) is 8.96. The van der Waals surface area contributed by atoms with Crippen LogP contribution in [0.4, 0.5) is 10.1 Å². The second kappa shape index (κ2) is 7.62. The molecule has 0 atom stereocenters. The summed E-state index contributed by atoms with van der Waals surface area (Å²) in [6.45, 7) is 0.752. The number of anilines is 1. The monoisotopic (exact) mass is 374 g/mol. The van der Waals surface area contributed by atoms with E-state index in [9.17, 15) is 9.18 Å². The summed E-state index contributed by atoms with van der Waals surface area (Å²) in [4.78, 5) is 21.9. The summed E-state index contributed by atoms with van der Waals surface area (Å²) in [6.07, 6.45) is 3.29. The Balaban J connectivity index is 1.68. The number of amides is 1. The number of fused-ring (bicyclic) bond motifs is 1. The molecule has 0 saturated heterocycles. The van der Waals surface area contributed by atoms with E-state index in [4.69, 9.17) is 5.73 Å². The number of nitrogens with one attached hydrogen (secondary N) is 1. The van der Waals surface area contributed by atoms with Crippen LogP contribution in [-0.2, 0) is 0 Å². The summed E-state index contributed by atoms with van der Waals surface area (Å²) in [5.41, 5.74) is 9.63.